The molecule has 20 heavy (non-hydrogen) atoms. The molecular formula is C13H11Cl2N3O2. The van der Waals surface area contributed by atoms with Crippen LogP contribution >= 0.6 is 23.2 Å². The molecule has 0 atom stereocenters. The number of hydrogen-bond donors (Lipinski definition) is 1. The zero-order valence-corrected chi connectivity index (χ0v) is 12.3. The third-order valence-corrected chi connectivity index (χ3v) is 3.24. The van der Waals surface area contributed by atoms with E-state index in [-0.39, 0.29) is 21.9 Å². The number of methoxy groups -OCH3 is 1. The van der Waals surface area contributed by atoms with E-state index in [1.165, 1.54) is 6.33 Å². The van der Waals surface area contributed by atoms with E-state index in [2.05, 4.69) is 15.3 Å². The van der Waals surface area contributed by atoms with Crippen molar-refractivity contribution in [3.8, 4) is 5.75 Å². The van der Waals surface area contributed by atoms with Gasteiger partial charge in [0.2, 0.25) is 0 Å². The van der Waals surface area contributed by atoms with E-state index in [9.17, 15) is 4.79 Å². The first kappa shape index (κ1) is 14.6. The number of anilines is 1. The molecule has 0 aliphatic rings. The maximum atomic E-state index is 12.2. The Morgan fingerprint density at radius 1 is 1.25 bits per heavy atom. The van der Waals surface area contributed by atoms with Gasteiger partial charge in [-0.05, 0) is 24.6 Å². The Bertz CT molecular complexity index is 642. The summed E-state index contributed by atoms with van der Waals surface area (Å²) in [6.07, 6.45) is 1.22. The Kier molecular flexibility index (Phi) is 4.42. The van der Waals surface area contributed by atoms with Crippen LogP contribution in [0.15, 0.2) is 24.5 Å². The lowest BCUT2D eigenvalue weighted by atomic mass is 10.1. The number of nitrogens with zero attached hydrogens (tertiary/aromatic N) is 2. The summed E-state index contributed by atoms with van der Waals surface area (Å²) in [4.78, 5) is 19.7. The summed E-state index contributed by atoms with van der Waals surface area (Å²) in [7, 11) is 1.54. The second-order valence-electron chi connectivity index (χ2n) is 3.97. The lowest BCUT2D eigenvalue weighted by Gasteiger charge is -2.10. The van der Waals surface area contributed by atoms with Crippen molar-refractivity contribution in [2.45, 2.75) is 6.92 Å². The van der Waals surface area contributed by atoms with E-state index in [0.717, 1.165) is 5.56 Å². The van der Waals surface area contributed by atoms with Crippen LogP contribution in [-0.4, -0.2) is 23.0 Å². The van der Waals surface area contributed by atoms with Crippen LogP contribution in [0.3, 0.4) is 0 Å². The Morgan fingerprint density at radius 3 is 2.50 bits per heavy atom. The molecule has 2 rings (SSSR count). The number of aromatic nitrogens is 2. The lowest BCUT2D eigenvalue weighted by Crippen LogP contribution is -2.13. The van der Waals surface area contributed by atoms with E-state index in [1.807, 2.05) is 6.92 Å². The molecule has 0 unspecified atom stereocenters. The monoisotopic (exact) mass is 311 g/mol. The SMILES string of the molecule is COc1cc(C(=O)Nc2c(Cl)ncnc2Cl)ccc1C. The van der Waals surface area contributed by atoms with Crippen molar-refractivity contribution in [2.24, 2.45) is 0 Å². The molecule has 0 radical (unpaired) electrons. The number of rotatable bonds is 3. The molecule has 7 heteroatoms. The summed E-state index contributed by atoms with van der Waals surface area (Å²) in [6, 6.07) is 5.10. The van der Waals surface area contributed by atoms with Crippen LogP contribution in [0.2, 0.25) is 10.3 Å². The number of amides is 1. The summed E-state index contributed by atoms with van der Waals surface area (Å²) in [6.45, 7) is 1.89. The van der Waals surface area contributed by atoms with E-state index in [4.69, 9.17) is 27.9 Å². The van der Waals surface area contributed by atoms with Gasteiger partial charge in [-0.25, -0.2) is 9.97 Å². The molecule has 2 aromatic rings. The molecule has 1 N–H and O–H groups in total. The summed E-state index contributed by atoms with van der Waals surface area (Å²) in [5.41, 5.74) is 1.53. The van der Waals surface area contributed by atoms with Gasteiger partial charge in [-0.2, -0.15) is 0 Å². The smallest absolute Gasteiger partial charge is 0.255 e. The molecule has 1 aromatic heterocycles. The van der Waals surface area contributed by atoms with Gasteiger partial charge in [0.05, 0.1) is 7.11 Å². The van der Waals surface area contributed by atoms with E-state index in [1.54, 1.807) is 25.3 Å². The summed E-state index contributed by atoms with van der Waals surface area (Å²) in [5, 5.41) is 2.74. The van der Waals surface area contributed by atoms with Gasteiger partial charge < -0.3 is 10.1 Å². The largest absolute Gasteiger partial charge is 0.496 e. The summed E-state index contributed by atoms with van der Waals surface area (Å²) < 4.78 is 5.18. The van der Waals surface area contributed by atoms with Gasteiger partial charge in [-0.3, -0.25) is 4.79 Å². The van der Waals surface area contributed by atoms with Crippen LogP contribution in [0.5, 0.6) is 5.75 Å². The first-order valence-corrected chi connectivity index (χ1v) is 6.40. The maximum absolute atomic E-state index is 12.2. The Labute approximate surface area is 125 Å². The van der Waals surface area contributed by atoms with Crippen LogP contribution in [0, 0.1) is 6.92 Å². The zero-order chi connectivity index (χ0) is 14.7. The third-order valence-electron chi connectivity index (χ3n) is 2.66. The summed E-state index contributed by atoms with van der Waals surface area (Å²) >= 11 is 11.7. The predicted molar refractivity (Wildman–Crippen MR) is 77.7 cm³/mol. The van der Waals surface area contributed by atoms with Crippen LogP contribution in [0.25, 0.3) is 0 Å². The minimum Gasteiger partial charge on any atom is -0.496 e. The molecule has 0 saturated carbocycles. The molecule has 104 valence electrons. The van der Waals surface area contributed by atoms with Gasteiger partial charge in [0.15, 0.2) is 10.3 Å². The molecule has 5 nitrogen and oxygen atoms in total. The van der Waals surface area contributed by atoms with E-state index in [0.29, 0.717) is 11.3 Å². The number of carbonyl (C=O) groups excluding carboxylic acids is 1. The van der Waals surface area contributed by atoms with Crippen molar-refractivity contribution in [3.63, 3.8) is 0 Å². The van der Waals surface area contributed by atoms with Crippen molar-refractivity contribution in [2.75, 3.05) is 12.4 Å². The molecule has 0 aliphatic heterocycles. The number of halogens is 2. The van der Waals surface area contributed by atoms with Crippen molar-refractivity contribution >= 4 is 34.8 Å². The fraction of sp³-hybridized carbons (Fsp3) is 0.154. The fourth-order valence-electron chi connectivity index (χ4n) is 1.59. The quantitative estimate of drug-likeness (QED) is 0.883. The highest BCUT2D eigenvalue weighted by Crippen LogP contribution is 2.27. The highest BCUT2D eigenvalue weighted by molar-refractivity contribution is 6.38. The topological polar surface area (TPSA) is 64.1 Å². The number of carbonyl (C=O) groups is 1. The van der Waals surface area contributed by atoms with Crippen LogP contribution in [0.1, 0.15) is 15.9 Å². The molecule has 0 bridgehead atoms. The Hall–Kier alpha value is -1.85. The normalized spacial score (nSPS) is 10.2. The molecule has 1 amide bonds. The molecule has 0 saturated heterocycles. The standard InChI is InChI=1S/C13H11Cl2N3O2/c1-7-3-4-8(5-9(7)20-2)13(19)18-10-11(14)16-6-17-12(10)15/h3-6H,1-2H3,(H,18,19). The minimum atomic E-state index is -0.373. The van der Waals surface area contributed by atoms with Crippen LogP contribution in [-0.2, 0) is 0 Å². The molecule has 0 aliphatic carbocycles. The zero-order valence-electron chi connectivity index (χ0n) is 10.8. The van der Waals surface area contributed by atoms with Gasteiger partial charge in [-0.1, -0.05) is 29.3 Å². The van der Waals surface area contributed by atoms with Crippen molar-refractivity contribution in [1.29, 1.82) is 0 Å². The van der Waals surface area contributed by atoms with Gasteiger partial charge in [-0.15, -0.1) is 0 Å². The maximum Gasteiger partial charge on any atom is 0.255 e. The van der Waals surface area contributed by atoms with Gasteiger partial charge in [0.25, 0.3) is 5.91 Å². The lowest BCUT2D eigenvalue weighted by molar-refractivity contribution is 0.102. The third kappa shape index (κ3) is 3.00. The average molecular weight is 312 g/mol. The molecule has 1 heterocycles. The molecular weight excluding hydrogens is 301 g/mol. The van der Waals surface area contributed by atoms with Gasteiger partial charge in [0, 0.05) is 5.56 Å². The number of nitrogens with one attached hydrogen (secondary N) is 1. The van der Waals surface area contributed by atoms with Crippen molar-refractivity contribution < 1.29 is 9.53 Å². The van der Waals surface area contributed by atoms with Crippen LogP contribution in [0.4, 0.5) is 5.69 Å². The van der Waals surface area contributed by atoms with Crippen LogP contribution < -0.4 is 10.1 Å². The second-order valence-corrected chi connectivity index (χ2v) is 4.68. The van der Waals surface area contributed by atoms with Gasteiger partial charge in [0.1, 0.15) is 17.8 Å². The van der Waals surface area contributed by atoms with Crippen molar-refractivity contribution in [1.82, 2.24) is 9.97 Å². The van der Waals surface area contributed by atoms with Crippen molar-refractivity contribution in [3.05, 3.63) is 46.0 Å². The highest BCUT2D eigenvalue weighted by atomic mass is 35.5. The Balaban J connectivity index is 2.29. The first-order chi connectivity index (χ1) is 9.52. The molecule has 1 aromatic carbocycles. The number of aryl methyl sites for hydroxylation is 1. The number of hydrogen-bond acceptors (Lipinski definition) is 4. The number of benzene rings is 1. The molecule has 0 fully saturated rings. The number of ether oxygens (including phenoxy) is 1. The summed E-state index contributed by atoms with van der Waals surface area (Å²) in [5.74, 6) is 0.251. The molecule has 0 spiro atoms. The van der Waals surface area contributed by atoms with E-state index < -0.39 is 0 Å². The van der Waals surface area contributed by atoms with Gasteiger partial charge >= 0.3 is 0 Å². The fourth-order valence-corrected chi connectivity index (χ4v) is 2.00. The predicted octanol–water partition coefficient (Wildman–Crippen LogP) is 3.35. The highest BCUT2D eigenvalue weighted by Gasteiger charge is 2.14. The minimum absolute atomic E-state index is 0.0810. The second kappa shape index (κ2) is 6.07. The van der Waals surface area contributed by atoms with E-state index >= 15 is 0 Å². The average Bonchev–Trinajstić information content (AvgIpc) is 2.43. The Morgan fingerprint density at radius 2 is 1.90 bits per heavy atom. The first-order valence-electron chi connectivity index (χ1n) is 5.65.